The molecule has 0 fully saturated rings. The molecule has 1 unspecified atom stereocenters. The smallest absolute Gasteiger partial charge is 0.272 e. The molecule has 7 aromatic rings. The SMILES string of the molecule is O=C(Nc1ccc(SC(C(=O)Nc2nc(-c3ccc(F)cc3)cs2)c2ccccc2)cc1)/C(=C/c1ccc(OCc2ccccc2)cc1)NC(=O)c1ccccc1. The third kappa shape index (κ3) is 10.7. The minimum atomic E-state index is -0.623. The van der Waals surface area contributed by atoms with Gasteiger partial charge in [0.2, 0.25) is 5.91 Å². The van der Waals surface area contributed by atoms with E-state index in [1.807, 2.05) is 109 Å². The average molecular weight is 791 g/mol. The van der Waals surface area contributed by atoms with Gasteiger partial charge in [0.1, 0.15) is 29.1 Å². The van der Waals surface area contributed by atoms with Crippen molar-refractivity contribution in [1.82, 2.24) is 10.3 Å². The highest BCUT2D eigenvalue weighted by Gasteiger charge is 2.24. The summed E-state index contributed by atoms with van der Waals surface area (Å²) in [4.78, 5) is 46.0. The second kappa shape index (κ2) is 18.7. The number of halogens is 1. The van der Waals surface area contributed by atoms with Gasteiger partial charge in [0.05, 0.1) is 5.69 Å². The van der Waals surface area contributed by atoms with Crippen molar-refractivity contribution in [3.63, 3.8) is 0 Å². The first-order valence-electron chi connectivity index (χ1n) is 17.9. The van der Waals surface area contributed by atoms with Crippen molar-refractivity contribution >= 4 is 57.7 Å². The number of rotatable bonds is 14. The van der Waals surface area contributed by atoms with Crippen molar-refractivity contribution in [2.45, 2.75) is 16.8 Å². The normalized spacial score (nSPS) is 11.6. The summed E-state index contributed by atoms with van der Waals surface area (Å²) in [5, 5.41) is 10.2. The lowest BCUT2D eigenvalue weighted by Crippen LogP contribution is -2.30. The molecule has 1 atom stereocenters. The lowest BCUT2D eigenvalue weighted by Gasteiger charge is -2.17. The minimum Gasteiger partial charge on any atom is -0.489 e. The molecule has 0 aliphatic carbocycles. The van der Waals surface area contributed by atoms with E-state index in [4.69, 9.17) is 4.74 Å². The summed E-state index contributed by atoms with van der Waals surface area (Å²) >= 11 is 2.64. The summed E-state index contributed by atoms with van der Waals surface area (Å²) in [7, 11) is 0. The van der Waals surface area contributed by atoms with E-state index in [1.54, 1.807) is 54.6 Å². The Morgan fingerprint density at radius 1 is 0.737 bits per heavy atom. The van der Waals surface area contributed by atoms with Gasteiger partial charge in [0.15, 0.2) is 5.13 Å². The topological polar surface area (TPSA) is 109 Å². The van der Waals surface area contributed by atoms with Gasteiger partial charge < -0.3 is 20.7 Å². The van der Waals surface area contributed by atoms with Crippen molar-refractivity contribution in [3.05, 3.63) is 203 Å². The fraction of sp³-hybridized carbons (Fsp3) is 0.0435. The average Bonchev–Trinajstić information content (AvgIpc) is 3.72. The molecular formula is C46H35FN4O4S2. The number of aromatic nitrogens is 1. The van der Waals surface area contributed by atoms with Crippen LogP contribution in [0.1, 0.15) is 32.3 Å². The summed E-state index contributed by atoms with van der Waals surface area (Å²) in [5.41, 5.74) is 4.85. The van der Waals surface area contributed by atoms with Crippen molar-refractivity contribution in [1.29, 1.82) is 0 Å². The first kappa shape index (κ1) is 38.5. The fourth-order valence-corrected chi connectivity index (χ4v) is 7.36. The molecule has 0 radical (unpaired) electrons. The number of benzene rings is 6. The van der Waals surface area contributed by atoms with Crippen molar-refractivity contribution < 1.29 is 23.5 Å². The molecule has 0 aliphatic rings. The van der Waals surface area contributed by atoms with Crippen LogP contribution < -0.4 is 20.7 Å². The maximum absolute atomic E-state index is 13.7. The Kier molecular flexibility index (Phi) is 12.6. The zero-order chi connectivity index (χ0) is 39.4. The van der Waals surface area contributed by atoms with Crippen LogP contribution in [0.25, 0.3) is 17.3 Å². The second-order valence-electron chi connectivity index (χ2n) is 12.6. The van der Waals surface area contributed by atoms with E-state index < -0.39 is 17.1 Å². The Morgan fingerprint density at radius 3 is 2.07 bits per heavy atom. The number of thioether (sulfide) groups is 1. The van der Waals surface area contributed by atoms with E-state index in [-0.39, 0.29) is 17.4 Å². The number of carbonyl (C=O) groups is 3. The Morgan fingerprint density at radius 2 is 1.39 bits per heavy atom. The molecule has 8 nitrogen and oxygen atoms in total. The van der Waals surface area contributed by atoms with Crippen LogP contribution in [-0.4, -0.2) is 22.7 Å². The van der Waals surface area contributed by atoms with Crippen LogP contribution in [0.4, 0.5) is 15.2 Å². The molecule has 0 saturated carbocycles. The van der Waals surface area contributed by atoms with E-state index >= 15 is 0 Å². The molecule has 0 spiro atoms. The number of thiazole rings is 1. The third-order valence-corrected chi connectivity index (χ3v) is 10.6. The Labute approximate surface area is 337 Å². The summed E-state index contributed by atoms with van der Waals surface area (Å²) in [5.74, 6) is -0.879. The molecule has 0 bridgehead atoms. The minimum absolute atomic E-state index is 0.0471. The predicted octanol–water partition coefficient (Wildman–Crippen LogP) is 10.4. The highest BCUT2D eigenvalue weighted by molar-refractivity contribution is 8.00. The van der Waals surface area contributed by atoms with Crippen molar-refractivity contribution in [2.24, 2.45) is 0 Å². The first-order valence-corrected chi connectivity index (χ1v) is 19.6. The number of hydrogen-bond donors (Lipinski definition) is 3. The summed E-state index contributed by atoms with van der Waals surface area (Å²) in [6, 6.07) is 48.3. The van der Waals surface area contributed by atoms with Crippen molar-refractivity contribution in [3.8, 4) is 17.0 Å². The van der Waals surface area contributed by atoms with Gasteiger partial charge in [-0.3, -0.25) is 14.4 Å². The van der Waals surface area contributed by atoms with E-state index in [1.165, 1.54) is 35.2 Å². The molecule has 0 aliphatic heterocycles. The van der Waals surface area contributed by atoms with Gasteiger partial charge in [0.25, 0.3) is 11.8 Å². The number of nitrogens with one attached hydrogen (secondary N) is 3. The number of ether oxygens (including phenoxy) is 1. The van der Waals surface area contributed by atoms with E-state index in [0.717, 1.165) is 21.6 Å². The van der Waals surface area contributed by atoms with Crippen LogP contribution in [-0.2, 0) is 16.2 Å². The van der Waals surface area contributed by atoms with Crippen LogP contribution in [0.3, 0.4) is 0 Å². The number of anilines is 2. The van der Waals surface area contributed by atoms with E-state index in [2.05, 4.69) is 20.9 Å². The molecule has 1 heterocycles. The molecule has 57 heavy (non-hydrogen) atoms. The van der Waals surface area contributed by atoms with Gasteiger partial charge >= 0.3 is 0 Å². The molecule has 3 amide bonds. The van der Waals surface area contributed by atoms with Gasteiger partial charge in [-0.1, -0.05) is 91.0 Å². The van der Waals surface area contributed by atoms with Gasteiger partial charge in [-0.15, -0.1) is 23.1 Å². The summed E-state index contributed by atoms with van der Waals surface area (Å²) in [6.07, 6.45) is 1.61. The highest BCUT2D eigenvalue weighted by Crippen LogP contribution is 2.37. The Bertz CT molecular complexity index is 2460. The van der Waals surface area contributed by atoms with E-state index in [0.29, 0.717) is 40.0 Å². The molecule has 7 rings (SSSR count). The van der Waals surface area contributed by atoms with E-state index in [9.17, 15) is 18.8 Å². The van der Waals surface area contributed by atoms with Crippen molar-refractivity contribution in [2.75, 3.05) is 10.6 Å². The fourth-order valence-electron chi connectivity index (χ4n) is 5.62. The van der Waals surface area contributed by atoms with Gasteiger partial charge in [0, 0.05) is 27.1 Å². The Hall–Kier alpha value is -6.82. The zero-order valence-electron chi connectivity index (χ0n) is 30.3. The van der Waals surface area contributed by atoms with Gasteiger partial charge in [-0.05, 0) is 95.6 Å². The zero-order valence-corrected chi connectivity index (χ0v) is 31.9. The lowest BCUT2D eigenvalue weighted by atomic mass is 10.1. The van der Waals surface area contributed by atoms with Crippen LogP contribution in [0, 0.1) is 5.82 Å². The number of nitrogens with zero attached hydrogens (tertiary/aromatic N) is 1. The van der Waals surface area contributed by atoms with Crippen LogP contribution in [0.5, 0.6) is 5.75 Å². The number of hydrogen-bond acceptors (Lipinski definition) is 7. The Balaban J connectivity index is 1.04. The van der Waals surface area contributed by atoms with Crippen LogP contribution in [0.15, 0.2) is 180 Å². The molecule has 6 aromatic carbocycles. The van der Waals surface area contributed by atoms with Gasteiger partial charge in [-0.2, -0.15) is 0 Å². The number of amides is 3. The molecule has 282 valence electrons. The molecule has 0 saturated heterocycles. The maximum atomic E-state index is 13.7. The molecule has 3 N–H and O–H groups in total. The first-order chi connectivity index (χ1) is 27.9. The monoisotopic (exact) mass is 790 g/mol. The predicted molar refractivity (Wildman–Crippen MR) is 225 cm³/mol. The molecule has 1 aromatic heterocycles. The highest BCUT2D eigenvalue weighted by atomic mass is 32.2. The third-order valence-electron chi connectivity index (χ3n) is 8.55. The summed E-state index contributed by atoms with van der Waals surface area (Å²) in [6.45, 7) is 0.418. The largest absolute Gasteiger partial charge is 0.489 e. The molecular weight excluding hydrogens is 756 g/mol. The second-order valence-corrected chi connectivity index (χ2v) is 14.7. The van der Waals surface area contributed by atoms with Crippen LogP contribution in [0.2, 0.25) is 0 Å². The molecule has 11 heteroatoms. The quantitative estimate of drug-likeness (QED) is 0.0748. The number of carbonyl (C=O) groups excluding carboxylic acids is 3. The maximum Gasteiger partial charge on any atom is 0.272 e. The van der Waals surface area contributed by atoms with Gasteiger partial charge in [-0.25, -0.2) is 9.37 Å². The lowest BCUT2D eigenvalue weighted by molar-refractivity contribution is -0.116. The van der Waals surface area contributed by atoms with Crippen LogP contribution >= 0.6 is 23.1 Å². The standard InChI is InChI=1S/C46H35FN4O4S2/c47-36-20-18-33(19-21-36)41-30-56-46(50-41)51-45(54)42(34-12-6-2-7-13-34)57-39-26-22-37(23-27-39)48-44(53)40(49-43(52)35-14-8-3-9-15-35)28-31-16-24-38(25-17-31)55-29-32-10-4-1-5-11-32/h1-28,30,42H,29H2,(H,48,53)(H,49,52)(H,50,51,54)/b40-28-. The summed E-state index contributed by atoms with van der Waals surface area (Å²) < 4.78 is 19.4.